The van der Waals surface area contributed by atoms with Crippen LogP contribution >= 0.6 is 0 Å². The van der Waals surface area contributed by atoms with E-state index in [1.165, 1.54) is 5.56 Å². The molecule has 0 N–H and O–H groups in total. The molecule has 0 aromatic heterocycles. The second kappa shape index (κ2) is 5.23. The van der Waals surface area contributed by atoms with Crippen LogP contribution in [-0.2, 0) is 5.41 Å². The van der Waals surface area contributed by atoms with Gasteiger partial charge < -0.3 is 4.74 Å². The number of carbonyl (C=O) groups excluding carboxylic acids is 1. The molecule has 0 unspecified atom stereocenters. The molecule has 110 valence electrons. The highest BCUT2D eigenvalue weighted by Crippen LogP contribution is 2.38. The van der Waals surface area contributed by atoms with Gasteiger partial charge in [0.05, 0.1) is 12.2 Å². The lowest BCUT2D eigenvalue weighted by atomic mass is 9.72. The summed E-state index contributed by atoms with van der Waals surface area (Å²) in [6, 6.07) is 6.14. The fourth-order valence-corrected chi connectivity index (χ4v) is 3.27. The van der Waals surface area contributed by atoms with Crippen LogP contribution in [0.15, 0.2) is 18.2 Å². The predicted octanol–water partition coefficient (Wildman–Crippen LogP) is 4.76. The summed E-state index contributed by atoms with van der Waals surface area (Å²) in [5.41, 5.74) is 2.31. The number of ether oxygens (including phenoxy) is 1. The van der Waals surface area contributed by atoms with Crippen LogP contribution in [0.25, 0.3) is 0 Å². The summed E-state index contributed by atoms with van der Waals surface area (Å²) in [5.74, 6) is 0.966. The molecular formula is C18H26O2. The fourth-order valence-electron chi connectivity index (χ4n) is 3.27. The molecule has 20 heavy (non-hydrogen) atoms. The molecule has 0 aliphatic carbocycles. The summed E-state index contributed by atoms with van der Waals surface area (Å²) < 4.78 is 5.67. The van der Waals surface area contributed by atoms with Gasteiger partial charge in [-0.25, -0.2) is 0 Å². The van der Waals surface area contributed by atoms with Crippen molar-refractivity contribution in [3.05, 3.63) is 29.3 Å². The van der Waals surface area contributed by atoms with Crippen molar-refractivity contribution in [2.45, 2.75) is 59.3 Å². The van der Waals surface area contributed by atoms with Gasteiger partial charge in [-0.15, -0.1) is 0 Å². The van der Waals surface area contributed by atoms with Crippen LogP contribution < -0.4 is 4.74 Å². The lowest BCUT2D eigenvalue weighted by Crippen LogP contribution is -2.25. The molecule has 0 saturated heterocycles. The first-order valence-electron chi connectivity index (χ1n) is 7.50. The number of Topliss-reactive ketones (excluding diaryl/α,β-unsaturated/α-hetero) is 1. The van der Waals surface area contributed by atoms with Gasteiger partial charge in [0.1, 0.15) is 5.75 Å². The molecule has 1 aromatic carbocycles. The molecule has 0 amide bonds. The highest BCUT2D eigenvalue weighted by molar-refractivity contribution is 5.99. The average Bonchev–Trinajstić information content (AvgIpc) is 2.48. The maximum atomic E-state index is 12.2. The Morgan fingerprint density at radius 1 is 1.15 bits per heavy atom. The lowest BCUT2D eigenvalue weighted by molar-refractivity contribution is 0.0983. The molecule has 0 saturated carbocycles. The van der Waals surface area contributed by atoms with E-state index in [0.29, 0.717) is 13.0 Å². The minimum absolute atomic E-state index is 0.0554. The van der Waals surface area contributed by atoms with Crippen LogP contribution in [0.5, 0.6) is 5.75 Å². The van der Waals surface area contributed by atoms with Crippen LogP contribution in [0.4, 0.5) is 0 Å². The molecule has 1 heterocycles. The third-order valence-electron chi connectivity index (χ3n) is 3.84. The SMILES string of the molecule is CC(C)(C)CC(C)(C)c1ccc2c(c1)C(=O)CCCO2. The standard InChI is InChI=1S/C18H26O2/c1-17(2,3)12-18(4,5)13-8-9-16-14(11-13)15(19)7-6-10-20-16/h8-9,11H,6-7,10,12H2,1-5H3. The summed E-state index contributed by atoms with van der Waals surface area (Å²) in [4.78, 5) is 12.2. The van der Waals surface area contributed by atoms with E-state index in [-0.39, 0.29) is 16.6 Å². The van der Waals surface area contributed by atoms with Crippen molar-refractivity contribution in [2.75, 3.05) is 6.61 Å². The van der Waals surface area contributed by atoms with Gasteiger partial charge in [0.15, 0.2) is 5.78 Å². The number of hydrogen-bond acceptors (Lipinski definition) is 2. The normalized spacial score (nSPS) is 16.4. The molecule has 0 fully saturated rings. The van der Waals surface area contributed by atoms with Crippen molar-refractivity contribution in [1.82, 2.24) is 0 Å². The molecule has 0 radical (unpaired) electrons. The van der Waals surface area contributed by atoms with Crippen molar-refractivity contribution in [3.63, 3.8) is 0 Å². The van der Waals surface area contributed by atoms with Gasteiger partial charge in [-0.1, -0.05) is 40.7 Å². The third kappa shape index (κ3) is 3.41. The number of ketones is 1. The van der Waals surface area contributed by atoms with Crippen LogP contribution in [0.3, 0.4) is 0 Å². The fraction of sp³-hybridized carbons (Fsp3) is 0.611. The topological polar surface area (TPSA) is 26.3 Å². The zero-order valence-corrected chi connectivity index (χ0v) is 13.4. The van der Waals surface area contributed by atoms with Gasteiger partial charge in [0.2, 0.25) is 0 Å². The summed E-state index contributed by atoms with van der Waals surface area (Å²) in [7, 11) is 0. The molecule has 2 rings (SSSR count). The molecular weight excluding hydrogens is 248 g/mol. The first-order chi connectivity index (χ1) is 9.19. The van der Waals surface area contributed by atoms with Crippen molar-refractivity contribution in [2.24, 2.45) is 5.41 Å². The van der Waals surface area contributed by atoms with Gasteiger partial charge in [0.25, 0.3) is 0 Å². The Balaban J connectivity index is 2.37. The zero-order chi connectivity index (χ0) is 15.0. The van der Waals surface area contributed by atoms with E-state index in [9.17, 15) is 4.79 Å². The summed E-state index contributed by atoms with van der Waals surface area (Å²) in [6.45, 7) is 11.9. The minimum Gasteiger partial charge on any atom is -0.493 e. The molecule has 1 aliphatic heterocycles. The minimum atomic E-state index is 0.0554. The molecule has 2 heteroatoms. The van der Waals surface area contributed by atoms with Gasteiger partial charge in [-0.2, -0.15) is 0 Å². The number of rotatable bonds is 2. The van der Waals surface area contributed by atoms with Gasteiger partial charge in [-0.05, 0) is 41.4 Å². The van der Waals surface area contributed by atoms with Crippen LogP contribution in [0.2, 0.25) is 0 Å². The van der Waals surface area contributed by atoms with E-state index in [1.54, 1.807) is 0 Å². The van der Waals surface area contributed by atoms with E-state index >= 15 is 0 Å². The first kappa shape index (κ1) is 15.1. The van der Waals surface area contributed by atoms with Crippen molar-refractivity contribution in [1.29, 1.82) is 0 Å². The smallest absolute Gasteiger partial charge is 0.166 e. The maximum absolute atomic E-state index is 12.2. The summed E-state index contributed by atoms with van der Waals surface area (Å²) in [6.07, 6.45) is 2.48. The van der Waals surface area contributed by atoms with E-state index in [4.69, 9.17) is 4.74 Å². The highest BCUT2D eigenvalue weighted by Gasteiger charge is 2.29. The van der Waals surface area contributed by atoms with E-state index in [1.807, 2.05) is 6.07 Å². The van der Waals surface area contributed by atoms with E-state index in [0.717, 1.165) is 24.2 Å². The summed E-state index contributed by atoms with van der Waals surface area (Å²) in [5, 5.41) is 0. The third-order valence-corrected chi connectivity index (χ3v) is 3.84. The van der Waals surface area contributed by atoms with Gasteiger partial charge >= 0.3 is 0 Å². The summed E-state index contributed by atoms with van der Waals surface area (Å²) >= 11 is 0. The lowest BCUT2D eigenvalue weighted by Gasteiger charge is -2.33. The largest absolute Gasteiger partial charge is 0.493 e. The molecule has 1 aliphatic rings. The molecule has 0 spiro atoms. The van der Waals surface area contributed by atoms with Crippen molar-refractivity contribution >= 4 is 5.78 Å². The van der Waals surface area contributed by atoms with E-state index < -0.39 is 0 Å². The molecule has 1 aromatic rings. The quantitative estimate of drug-likeness (QED) is 0.777. The maximum Gasteiger partial charge on any atom is 0.166 e. The Bertz CT molecular complexity index is 507. The van der Waals surface area contributed by atoms with Crippen LogP contribution in [0.1, 0.15) is 69.8 Å². The Hall–Kier alpha value is -1.31. The number of fused-ring (bicyclic) bond motifs is 1. The van der Waals surface area contributed by atoms with Crippen LogP contribution in [-0.4, -0.2) is 12.4 Å². The van der Waals surface area contributed by atoms with Gasteiger partial charge in [-0.3, -0.25) is 4.79 Å². The monoisotopic (exact) mass is 274 g/mol. The Morgan fingerprint density at radius 3 is 2.50 bits per heavy atom. The zero-order valence-electron chi connectivity index (χ0n) is 13.4. The Morgan fingerprint density at radius 2 is 1.85 bits per heavy atom. The molecule has 2 nitrogen and oxygen atoms in total. The number of benzene rings is 1. The first-order valence-corrected chi connectivity index (χ1v) is 7.50. The van der Waals surface area contributed by atoms with Crippen LogP contribution in [0, 0.1) is 5.41 Å². The Labute approximate surface area is 122 Å². The second-order valence-electron chi connectivity index (χ2n) is 7.71. The predicted molar refractivity (Wildman–Crippen MR) is 82.6 cm³/mol. The Kier molecular flexibility index (Phi) is 3.95. The van der Waals surface area contributed by atoms with Crippen molar-refractivity contribution < 1.29 is 9.53 Å². The molecule has 0 bridgehead atoms. The second-order valence-corrected chi connectivity index (χ2v) is 7.71. The number of hydrogen-bond donors (Lipinski definition) is 0. The van der Waals surface area contributed by atoms with Gasteiger partial charge in [0, 0.05) is 6.42 Å². The van der Waals surface area contributed by atoms with Crippen molar-refractivity contribution in [3.8, 4) is 5.75 Å². The number of carbonyl (C=O) groups is 1. The average molecular weight is 274 g/mol. The highest BCUT2D eigenvalue weighted by atomic mass is 16.5. The molecule has 0 atom stereocenters. The van der Waals surface area contributed by atoms with E-state index in [2.05, 4.69) is 46.8 Å².